The van der Waals surface area contributed by atoms with Gasteiger partial charge in [0, 0.05) is 5.70 Å². The summed E-state index contributed by atoms with van der Waals surface area (Å²) in [7, 11) is 0. The van der Waals surface area contributed by atoms with E-state index in [0.717, 1.165) is 13.1 Å². The van der Waals surface area contributed by atoms with Crippen molar-refractivity contribution in [1.29, 1.82) is 0 Å². The summed E-state index contributed by atoms with van der Waals surface area (Å²) in [5.41, 5.74) is 6.55. The Kier molecular flexibility index (Phi) is 11.0. The van der Waals surface area contributed by atoms with Crippen LogP contribution in [0.4, 0.5) is 0 Å². The number of carbonyl (C=O) groups is 1. The maximum absolute atomic E-state index is 10.3. The van der Waals surface area contributed by atoms with Crippen LogP contribution in [0.1, 0.15) is 27.0 Å². The molecule has 0 fully saturated rings. The SMILES string of the molecule is C1=C[CH-]C(=C2[C-](c3ccccc3)[N+](Cc3ccccc3)=CN2Cc2ccccc2)C=C1.O=C(O)c1ccc([S-])cc1.[Au+]. The van der Waals surface area contributed by atoms with E-state index in [1.54, 1.807) is 12.1 Å². The van der Waals surface area contributed by atoms with Crippen molar-refractivity contribution in [2.45, 2.75) is 18.0 Å². The van der Waals surface area contributed by atoms with E-state index in [0.29, 0.717) is 4.90 Å². The van der Waals surface area contributed by atoms with Crippen molar-refractivity contribution >= 4 is 24.9 Å². The van der Waals surface area contributed by atoms with Crippen molar-refractivity contribution in [2.24, 2.45) is 0 Å². The van der Waals surface area contributed by atoms with Crippen LogP contribution in [0, 0.1) is 12.5 Å². The van der Waals surface area contributed by atoms with E-state index in [4.69, 9.17) is 17.7 Å². The minimum atomic E-state index is -0.921. The average Bonchev–Trinajstić information content (AvgIpc) is 3.36. The molecule has 4 aromatic rings. The molecule has 0 amide bonds. The number of aromatic carboxylic acids is 1. The van der Waals surface area contributed by atoms with Gasteiger partial charge in [-0.1, -0.05) is 96.6 Å². The fourth-order valence-corrected chi connectivity index (χ4v) is 4.89. The first-order valence-electron chi connectivity index (χ1n) is 13.4. The first kappa shape index (κ1) is 30.7. The van der Waals surface area contributed by atoms with E-state index < -0.39 is 5.97 Å². The van der Waals surface area contributed by atoms with E-state index in [1.165, 1.54) is 46.1 Å². The zero-order valence-corrected chi connectivity index (χ0v) is 25.8. The number of hydrogen-bond donors (Lipinski definition) is 1. The standard InChI is InChI=1S/C29H25N2.C7H6O2S.Au/c1-5-13-24(14-6-1)21-30-23-31(22-25-15-7-2-8-16-25)29(27-19-11-4-12-20-27)28(30)26-17-9-3-10-18-26;8-7(9)5-1-3-6(10)4-2-5;/h1-20,23H,21-22H2;1-4,10H,(H,8,9);/q-1;;+1/p-1. The van der Waals surface area contributed by atoms with Gasteiger partial charge in [0.2, 0.25) is 0 Å². The molecular weight excluding hydrogens is 721 g/mol. The molecule has 42 heavy (non-hydrogen) atoms. The van der Waals surface area contributed by atoms with Gasteiger partial charge in [-0.15, -0.1) is 18.2 Å². The molecule has 4 nitrogen and oxygen atoms in total. The Balaban J connectivity index is 0.000000314. The van der Waals surface area contributed by atoms with Crippen LogP contribution in [-0.2, 0) is 48.1 Å². The number of rotatable bonds is 6. The molecule has 0 saturated carbocycles. The van der Waals surface area contributed by atoms with Crippen molar-refractivity contribution in [3.8, 4) is 0 Å². The Morgan fingerprint density at radius 2 is 1.40 bits per heavy atom. The third-order valence-corrected chi connectivity index (χ3v) is 6.94. The van der Waals surface area contributed by atoms with Gasteiger partial charge in [-0.3, -0.25) is 4.58 Å². The molecule has 0 saturated heterocycles. The molecule has 6 heteroatoms. The molecular formula is C36H30AuN2O2S-. The van der Waals surface area contributed by atoms with Gasteiger partial charge in [-0.25, -0.2) is 4.79 Å². The Morgan fingerprint density at radius 3 is 1.98 bits per heavy atom. The smallest absolute Gasteiger partial charge is 0.780 e. The van der Waals surface area contributed by atoms with Crippen molar-refractivity contribution in [3.05, 3.63) is 186 Å². The Labute approximate surface area is 269 Å². The summed E-state index contributed by atoms with van der Waals surface area (Å²) in [5.74, 6) is -0.921. The molecule has 1 N–H and O–H groups in total. The number of carboxylic acid groups (broad SMARTS) is 1. The first-order chi connectivity index (χ1) is 20.1. The van der Waals surface area contributed by atoms with Crippen LogP contribution in [0.25, 0.3) is 0 Å². The minimum absolute atomic E-state index is 0. The monoisotopic (exact) mass is 751 g/mol. The number of carboxylic acids is 1. The van der Waals surface area contributed by atoms with Crippen LogP contribution in [0.2, 0.25) is 0 Å². The second-order valence-corrected chi connectivity index (χ2v) is 10.1. The zero-order chi connectivity index (χ0) is 28.4. The van der Waals surface area contributed by atoms with Gasteiger partial charge in [0.15, 0.2) is 6.34 Å². The maximum atomic E-state index is 10.3. The molecule has 6 rings (SSSR count). The van der Waals surface area contributed by atoms with Crippen molar-refractivity contribution < 1.29 is 36.9 Å². The largest absolute Gasteiger partial charge is 1.00 e. The topological polar surface area (TPSA) is 43.5 Å². The van der Waals surface area contributed by atoms with Crippen LogP contribution in [0.3, 0.4) is 0 Å². The second-order valence-electron chi connectivity index (χ2n) is 9.60. The third kappa shape index (κ3) is 7.93. The predicted molar refractivity (Wildman–Crippen MR) is 166 cm³/mol. The quantitative estimate of drug-likeness (QED) is 0.0981. The molecule has 214 valence electrons. The normalized spacial score (nSPS) is 15.2. The van der Waals surface area contributed by atoms with Gasteiger partial charge in [0.05, 0.1) is 18.2 Å². The third-order valence-electron chi connectivity index (χ3n) is 6.66. The molecule has 0 radical (unpaired) electrons. The summed E-state index contributed by atoms with van der Waals surface area (Å²) in [6.45, 7) is 1.65. The zero-order valence-electron chi connectivity index (χ0n) is 22.8. The first-order valence-corrected chi connectivity index (χ1v) is 13.8. The molecule has 0 aromatic heterocycles. The summed E-state index contributed by atoms with van der Waals surface area (Å²) in [4.78, 5) is 13.3. The number of allylic oxidation sites excluding steroid dienone is 5. The number of benzene rings is 4. The predicted octanol–water partition coefficient (Wildman–Crippen LogP) is 7.20. The van der Waals surface area contributed by atoms with Crippen LogP contribution in [0.5, 0.6) is 0 Å². The second kappa shape index (κ2) is 15.1. The van der Waals surface area contributed by atoms with Crippen LogP contribution < -0.4 is 0 Å². The Bertz CT molecular complexity index is 1580. The molecule has 1 aliphatic heterocycles. The van der Waals surface area contributed by atoms with E-state index in [9.17, 15) is 4.79 Å². The average molecular weight is 752 g/mol. The van der Waals surface area contributed by atoms with Crippen molar-refractivity contribution in [1.82, 2.24) is 4.90 Å². The molecule has 0 atom stereocenters. The molecule has 0 spiro atoms. The molecule has 0 unspecified atom stereocenters. The van der Waals surface area contributed by atoms with Gasteiger partial charge in [0.25, 0.3) is 0 Å². The Morgan fingerprint density at radius 1 is 0.810 bits per heavy atom. The summed E-state index contributed by atoms with van der Waals surface area (Å²) in [6.07, 6.45) is 13.0. The van der Waals surface area contributed by atoms with E-state index in [2.05, 4.69) is 138 Å². The fourth-order valence-electron chi connectivity index (χ4n) is 4.75. The molecule has 1 aliphatic carbocycles. The number of hydrogen-bond acceptors (Lipinski definition) is 3. The molecule has 2 aliphatic rings. The van der Waals surface area contributed by atoms with Crippen LogP contribution in [0.15, 0.2) is 156 Å². The van der Waals surface area contributed by atoms with E-state index in [1.807, 2.05) is 0 Å². The van der Waals surface area contributed by atoms with Gasteiger partial charge < -0.3 is 22.6 Å². The van der Waals surface area contributed by atoms with Crippen molar-refractivity contribution in [2.75, 3.05) is 0 Å². The van der Waals surface area contributed by atoms with Crippen LogP contribution >= 0.6 is 0 Å². The maximum Gasteiger partial charge on any atom is 1.00 e. The van der Waals surface area contributed by atoms with E-state index >= 15 is 0 Å². The molecule has 0 bridgehead atoms. The molecule has 1 heterocycles. The summed E-state index contributed by atoms with van der Waals surface area (Å²) < 4.78 is 2.38. The van der Waals surface area contributed by atoms with Gasteiger partial charge >= 0.3 is 28.3 Å². The molecule has 4 aromatic carbocycles. The Hall–Kier alpha value is -4.26. The summed E-state index contributed by atoms with van der Waals surface area (Å²) in [5, 5.41) is 8.44. The minimum Gasteiger partial charge on any atom is -0.780 e. The van der Waals surface area contributed by atoms with Crippen molar-refractivity contribution in [3.63, 3.8) is 0 Å². The summed E-state index contributed by atoms with van der Waals surface area (Å²) in [6, 6.07) is 39.5. The van der Waals surface area contributed by atoms with Crippen LogP contribution in [-0.4, -0.2) is 26.9 Å². The fraction of sp³-hybridized carbons (Fsp3) is 0.0556. The van der Waals surface area contributed by atoms with Gasteiger partial charge in [0.1, 0.15) is 6.54 Å². The van der Waals surface area contributed by atoms with Gasteiger partial charge in [-0.05, 0) is 23.3 Å². The number of nitrogens with zero attached hydrogens (tertiary/aromatic N) is 2. The summed E-state index contributed by atoms with van der Waals surface area (Å²) >= 11 is 4.77. The van der Waals surface area contributed by atoms with E-state index in [-0.39, 0.29) is 27.9 Å². The van der Waals surface area contributed by atoms with Gasteiger partial charge in [-0.2, -0.15) is 35.1 Å².